The summed E-state index contributed by atoms with van der Waals surface area (Å²) in [5, 5.41) is 13.1. The fourth-order valence-corrected chi connectivity index (χ4v) is 3.41. The number of rotatable bonds is 7. The Kier molecular flexibility index (Phi) is 7.12. The van der Waals surface area contributed by atoms with Gasteiger partial charge in [0.2, 0.25) is 0 Å². The summed E-state index contributed by atoms with van der Waals surface area (Å²) in [6.07, 6.45) is 0. The number of amides is 1. The van der Waals surface area contributed by atoms with Gasteiger partial charge in [0.05, 0.1) is 17.3 Å². The van der Waals surface area contributed by atoms with E-state index in [4.69, 9.17) is 10.00 Å². The van der Waals surface area contributed by atoms with E-state index in [0.717, 1.165) is 28.0 Å². The molecule has 4 rings (SSSR count). The Hall–Kier alpha value is -4.69. The molecule has 0 saturated carbocycles. The first-order valence-electron chi connectivity index (χ1n) is 10.9. The van der Waals surface area contributed by atoms with Crippen molar-refractivity contribution in [3.05, 3.63) is 125 Å². The van der Waals surface area contributed by atoms with Gasteiger partial charge in [0, 0.05) is 11.1 Å². The van der Waals surface area contributed by atoms with Gasteiger partial charge in [-0.3, -0.25) is 4.79 Å². The Morgan fingerprint density at radius 3 is 2.21 bits per heavy atom. The summed E-state index contributed by atoms with van der Waals surface area (Å²) in [5.74, 6) is 0.512. The highest BCUT2D eigenvalue weighted by Gasteiger charge is 2.08. The number of ether oxygens (including phenoxy) is 1. The smallest absolute Gasteiger partial charge is 0.271 e. The zero-order valence-corrected chi connectivity index (χ0v) is 18.7. The minimum atomic E-state index is -0.296. The van der Waals surface area contributed by atoms with Crippen LogP contribution in [0.1, 0.15) is 34.0 Å². The van der Waals surface area contributed by atoms with E-state index in [0.29, 0.717) is 23.4 Å². The number of nitriles is 1. The quantitative estimate of drug-likeness (QED) is 0.282. The lowest BCUT2D eigenvalue weighted by atomic mass is 10.0. The number of hydrogen-bond donors (Lipinski definition) is 1. The molecule has 0 unspecified atom stereocenters. The van der Waals surface area contributed by atoms with Crippen molar-refractivity contribution >= 4 is 11.6 Å². The first-order chi connectivity index (χ1) is 16.6. The molecular formula is C29H23N3O2. The highest BCUT2D eigenvalue weighted by Crippen LogP contribution is 2.30. The van der Waals surface area contributed by atoms with E-state index in [1.165, 1.54) is 0 Å². The average molecular weight is 446 g/mol. The zero-order chi connectivity index (χ0) is 23.8. The van der Waals surface area contributed by atoms with Gasteiger partial charge in [0.25, 0.3) is 5.91 Å². The first kappa shape index (κ1) is 22.5. The predicted octanol–water partition coefficient (Wildman–Crippen LogP) is 5.96. The van der Waals surface area contributed by atoms with Crippen molar-refractivity contribution in [3.8, 4) is 22.9 Å². The standard InChI is InChI=1S/C29H23N3O2/c1-21(24-15-11-22(19-30)12-16-24)31-32-29(33)26-17-13-23(14-18-26)20-34-28-10-6-5-9-27(28)25-7-3-2-4-8-25/h2-18H,20H2,1H3,(H,32,33)/b31-21-. The van der Waals surface area contributed by atoms with E-state index in [9.17, 15) is 4.79 Å². The molecule has 1 N–H and O–H groups in total. The van der Waals surface area contributed by atoms with Gasteiger partial charge in [-0.2, -0.15) is 10.4 Å². The molecule has 0 fully saturated rings. The van der Waals surface area contributed by atoms with Gasteiger partial charge in [-0.25, -0.2) is 5.43 Å². The monoisotopic (exact) mass is 445 g/mol. The summed E-state index contributed by atoms with van der Waals surface area (Å²) in [6, 6.07) is 34.4. The van der Waals surface area contributed by atoms with Gasteiger partial charge < -0.3 is 4.74 Å². The Balaban J connectivity index is 1.37. The van der Waals surface area contributed by atoms with Crippen LogP contribution in [0.15, 0.2) is 108 Å². The van der Waals surface area contributed by atoms with Crippen molar-refractivity contribution in [2.24, 2.45) is 5.10 Å². The maximum atomic E-state index is 12.5. The van der Waals surface area contributed by atoms with Crippen LogP contribution in [0, 0.1) is 11.3 Å². The second-order valence-electron chi connectivity index (χ2n) is 7.68. The summed E-state index contributed by atoms with van der Waals surface area (Å²) >= 11 is 0. The largest absolute Gasteiger partial charge is 0.488 e. The van der Waals surface area contributed by atoms with Crippen LogP contribution in [-0.2, 0) is 6.61 Å². The molecule has 0 aliphatic rings. The van der Waals surface area contributed by atoms with Crippen molar-refractivity contribution in [3.63, 3.8) is 0 Å². The van der Waals surface area contributed by atoms with E-state index >= 15 is 0 Å². The molecule has 5 heteroatoms. The van der Waals surface area contributed by atoms with Crippen LogP contribution in [0.5, 0.6) is 5.75 Å². The second kappa shape index (κ2) is 10.8. The SMILES string of the molecule is C/C(=N/NC(=O)c1ccc(COc2ccccc2-c2ccccc2)cc1)c1ccc(C#N)cc1. The average Bonchev–Trinajstić information content (AvgIpc) is 2.91. The number of hydrazone groups is 1. The van der Waals surface area contributed by atoms with Crippen molar-refractivity contribution in [2.45, 2.75) is 13.5 Å². The lowest BCUT2D eigenvalue weighted by Gasteiger charge is -2.12. The predicted molar refractivity (Wildman–Crippen MR) is 133 cm³/mol. The van der Waals surface area contributed by atoms with E-state index < -0.39 is 0 Å². The fourth-order valence-electron chi connectivity index (χ4n) is 3.41. The number of benzene rings is 4. The van der Waals surface area contributed by atoms with Gasteiger partial charge in [-0.05, 0) is 53.9 Å². The van der Waals surface area contributed by atoms with Crippen molar-refractivity contribution in [2.75, 3.05) is 0 Å². The minimum absolute atomic E-state index is 0.296. The van der Waals surface area contributed by atoms with Crippen molar-refractivity contribution in [1.29, 1.82) is 5.26 Å². The number of hydrogen-bond acceptors (Lipinski definition) is 4. The van der Waals surface area contributed by atoms with Gasteiger partial charge in [0.1, 0.15) is 12.4 Å². The van der Waals surface area contributed by atoms with Crippen LogP contribution in [0.3, 0.4) is 0 Å². The van der Waals surface area contributed by atoms with E-state index in [-0.39, 0.29) is 5.91 Å². The van der Waals surface area contributed by atoms with Crippen LogP contribution in [0.2, 0.25) is 0 Å². The zero-order valence-electron chi connectivity index (χ0n) is 18.7. The van der Waals surface area contributed by atoms with Gasteiger partial charge in [-0.1, -0.05) is 72.8 Å². The Morgan fingerprint density at radius 2 is 1.50 bits per heavy atom. The number of nitrogens with zero attached hydrogens (tertiary/aromatic N) is 2. The molecule has 1 amide bonds. The maximum absolute atomic E-state index is 12.5. The van der Waals surface area contributed by atoms with E-state index in [2.05, 4.69) is 28.7 Å². The molecule has 0 saturated heterocycles. The molecule has 0 aromatic heterocycles. The third-order valence-electron chi connectivity index (χ3n) is 5.34. The number of carbonyl (C=O) groups is 1. The maximum Gasteiger partial charge on any atom is 0.271 e. The van der Waals surface area contributed by atoms with Crippen LogP contribution < -0.4 is 10.2 Å². The van der Waals surface area contributed by atoms with Gasteiger partial charge >= 0.3 is 0 Å². The Labute approximate surface area is 199 Å². The molecular weight excluding hydrogens is 422 g/mol. The molecule has 0 atom stereocenters. The summed E-state index contributed by atoms with van der Waals surface area (Å²) in [6.45, 7) is 2.19. The van der Waals surface area contributed by atoms with Crippen LogP contribution >= 0.6 is 0 Å². The van der Waals surface area contributed by atoms with Crippen LogP contribution in [0.25, 0.3) is 11.1 Å². The molecule has 0 aliphatic carbocycles. The molecule has 166 valence electrons. The molecule has 0 heterocycles. The molecule has 0 aliphatic heterocycles. The van der Waals surface area contributed by atoms with Crippen molar-refractivity contribution in [1.82, 2.24) is 5.43 Å². The van der Waals surface area contributed by atoms with E-state index in [1.807, 2.05) is 54.6 Å². The summed E-state index contributed by atoms with van der Waals surface area (Å²) in [5.41, 5.74) is 8.24. The molecule has 0 bridgehead atoms. The molecule has 4 aromatic carbocycles. The van der Waals surface area contributed by atoms with Crippen molar-refractivity contribution < 1.29 is 9.53 Å². The normalized spacial score (nSPS) is 10.9. The topological polar surface area (TPSA) is 74.5 Å². The minimum Gasteiger partial charge on any atom is -0.488 e. The lowest BCUT2D eigenvalue weighted by Crippen LogP contribution is -2.19. The third kappa shape index (κ3) is 5.56. The Morgan fingerprint density at radius 1 is 0.853 bits per heavy atom. The second-order valence-corrected chi connectivity index (χ2v) is 7.68. The number of carbonyl (C=O) groups excluding carboxylic acids is 1. The van der Waals surface area contributed by atoms with E-state index in [1.54, 1.807) is 43.3 Å². The number of para-hydroxylation sites is 1. The highest BCUT2D eigenvalue weighted by atomic mass is 16.5. The highest BCUT2D eigenvalue weighted by molar-refractivity contribution is 6.00. The summed E-state index contributed by atoms with van der Waals surface area (Å²) < 4.78 is 6.08. The van der Waals surface area contributed by atoms with Crippen LogP contribution in [-0.4, -0.2) is 11.6 Å². The number of nitrogens with one attached hydrogen (secondary N) is 1. The van der Waals surface area contributed by atoms with Gasteiger partial charge in [-0.15, -0.1) is 0 Å². The first-order valence-corrected chi connectivity index (χ1v) is 10.9. The Bertz CT molecular complexity index is 1340. The van der Waals surface area contributed by atoms with Crippen LogP contribution in [0.4, 0.5) is 0 Å². The van der Waals surface area contributed by atoms with Gasteiger partial charge in [0.15, 0.2) is 0 Å². The molecule has 0 spiro atoms. The summed E-state index contributed by atoms with van der Waals surface area (Å²) in [7, 11) is 0. The molecule has 5 nitrogen and oxygen atoms in total. The third-order valence-corrected chi connectivity index (χ3v) is 5.34. The summed E-state index contributed by atoms with van der Waals surface area (Å²) in [4.78, 5) is 12.5. The fraction of sp³-hybridized carbons (Fsp3) is 0.0690. The lowest BCUT2D eigenvalue weighted by molar-refractivity contribution is 0.0955. The molecule has 4 aromatic rings. The molecule has 0 radical (unpaired) electrons. The molecule has 34 heavy (non-hydrogen) atoms.